The molecule has 0 aliphatic carbocycles. The molecule has 1 fully saturated rings. The molecular formula is C8H12N2O. The van der Waals surface area contributed by atoms with Crippen LogP contribution < -0.4 is 5.32 Å². The molecule has 1 heterocycles. The molecule has 0 saturated carbocycles. The molecule has 11 heavy (non-hydrogen) atoms. The van der Waals surface area contributed by atoms with Crippen LogP contribution in [0.3, 0.4) is 0 Å². The van der Waals surface area contributed by atoms with Gasteiger partial charge in [0.2, 0.25) is 5.91 Å². The number of nitrogens with one attached hydrogen (secondary N) is 1. The van der Waals surface area contributed by atoms with Gasteiger partial charge in [-0.1, -0.05) is 6.92 Å². The number of carbonyl (C=O) groups excluding carboxylic acids is 1. The van der Waals surface area contributed by atoms with E-state index in [1.165, 1.54) is 0 Å². The van der Waals surface area contributed by atoms with E-state index in [1.807, 2.05) is 13.0 Å². The Bertz CT molecular complexity index is 207. The summed E-state index contributed by atoms with van der Waals surface area (Å²) in [6, 6.07) is 2.21. The lowest BCUT2D eigenvalue weighted by atomic mass is 9.87. The third kappa shape index (κ3) is 1.51. The van der Waals surface area contributed by atoms with Gasteiger partial charge in [-0.2, -0.15) is 5.26 Å². The van der Waals surface area contributed by atoms with Gasteiger partial charge in [0.25, 0.3) is 0 Å². The first-order valence-corrected chi connectivity index (χ1v) is 3.85. The van der Waals surface area contributed by atoms with Crippen molar-refractivity contribution in [1.82, 2.24) is 5.32 Å². The summed E-state index contributed by atoms with van der Waals surface area (Å²) in [7, 11) is 0. The van der Waals surface area contributed by atoms with Crippen molar-refractivity contribution in [2.24, 2.45) is 11.8 Å². The van der Waals surface area contributed by atoms with Gasteiger partial charge < -0.3 is 5.32 Å². The summed E-state index contributed by atoms with van der Waals surface area (Å²) in [6.45, 7) is 4.02. The van der Waals surface area contributed by atoms with Gasteiger partial charge in [0.05, 0.1) is 6.07 Å². The molecule has 1 N–H and O–H groups in total. The minimum Gasteiger partial charge on any atom is -0.352 e. The van der Waals surface area contributed by atoms with Crippen molar-refractivity contribution >= 4 is 5.91 Å². The largest absolute Gasteiger partial charge is 0.352 e. The number of nitriles is 1. The number of piperidine rings is 1. The molecule has 60 valence electrons. The zero-order valence-corrected chi connectivity index (χ0v) is 6.79. The van der Waals surface area contributed by atoms with E-state index in [9.17, 15) is 4.79 Å². The van der Waals surface area contributed by atoms with Crippen LogP contribution in [0.15, 0.2) is 0 Å². The lowest BCUT2D eigenvalue weighted by molar-refractivity contribution is -0.126. The second-order valence-electron chi connectivity index (χ2n) is 3.19. The molecule has 1 amide bonds. The fourth-order valence-electron chi connectivity index (χ4n) is 1.26. The Morgan fingerprint density at radius 3 is 2.82 bits per heavy atom. The van der Waals surface area contributed by atoms with Crippen molar-refractivity contribution < 1.29 is 4.79 Å². The van der Waals surface area contributed by atoms with Crippen molar-refractivity contribution in [3.63, 3.8) is 0 Å². The van der Waals surface area contributed by atoms with Gasteiger partial charge in [-0.3, -0.25) is 4.79 Å². The van der Waals surface area contributed by atoms with Crippen molar-refractivity contribution in [2.75, 3.05) is 0 Å². The summed E-state index contributed by atoms with van der Waals surface area (Å²) < 4.78 is 0. The van der Waals surface area contributed by atoms with Gasteiger partial charge in [0.15, 0.2) is 0 Å². The Labute approximate surface area is 66.4 Å². The molecule has 0 bridgehead atoms. The van der Waals surface area contributed by atoms with Crippen LogP contribution >= 0.6 is 0 Å². The fourth-order valence-corrected chi connectivity index (χ4v) is 1.26. The first-order chi connectivity index (χ1) is 5.15. The molecule has 0 aromatic rings. The molecule has 0 aromatic heterocycles. The van der Waals surface area contributed by atoms with E-state index in [4.69, 9.17) is 5.26 Å². The number of hydrogen-bond donors (Lipinski definition) is 1. The highest BCUT2D eigenvalue weighted by molar-refractivity contribution is 5.82. The highest BCUT2D eigenvalue weighted by Gasteiger charge is 2.30. The van der Waals surface area contributed by atoms with Gasteiger partial charge in [0.1, 0.15) is 5.92 Å². The van der Waals surface area contributed by atoms with Crippen LogP contribution in [0.25, 0.3) is 0 Å². The maximum atomic E-state index is 11.0. The molecule has 1 rings (SSSR count). The summed E-state index contributed by atoms with van der Waals surface area (Å²) in [5.41, 5.74) is 0. The van der Waals surface area contributed by atoms with Crippen molar-refractivity contribution in [2.45, 2.75) is 26.3 Å². The SMILES string of the molecule is CC1CC(C#N)C(=O)NC1C. The fraction of sp³-hybridized carbons (Fsp3) is 0.750. The number of rotatable bonds is 0. The molecule has 1 saturated heterocycles. The standard InChI is InChI=1S/C8H12N2O/c1-5-3-7(4-9)8(11)10-6(5)2/h5-7H,3H2,1-2H3,(H,10,11). The predicted octanol–water partition coefficient (Wildman–Crippen LogP) is 0.671. The van der Waals surface area contributed by atoms with Crippen molar-refractivity contribution in [1.29, 1.82) is 5.26 Å². The summed E-state index contributed by atoms with van der Waals surface area (Å²) in [5.74, 6) is -0.128. The highest BCUT2D eigenvalue weighted by atomic mass is 16.2. The van der Waals surface area contributed by atoms with E-state index in [0.717, 1.165) is 0 Å². The van der Waals surface area contributed by atoms with Crippen LogP contribution in [0.5, 0.6) is 0 Å². The van der Waals surface area contributed by atoms with Crippen LogP contribution in [-0.4, -0.2) is 11.9 Å². The van der Waals surface area contributed by atoms with Gasteiger partial charge in [-0.05, 0) is 19.3 Å². The lowest BCUT2D eigenvalue weighted by Crippen LogP contribution is -2.46. The van der Waals surface area contributed by atoms with Crippen LogP contribution in [0.4, 0.5) is 0 Å². The first kappa shape index (κ1) is 8.06. The zero-order chi connectivity index (χ0) is 8.43. The van der Waals surface area contributed by atoms with Crippen molar-refractivity contribution in [3.8, 4) is 6.07 Å². The molecule has 3 heteroatoms. The molecule has 0 spiro atoms. The second-order valence-corrected chi connectivity index (χ2v) is 3.19. The molecule has 1 aliphatic rings. The average molecular weight is 152 g/mol. The maximum Gasteiger partial charge on any atom is 0.237 e. The average Bonchev–Trinajstić information content (AvgIpc) is 1.97. The summed E-state index contributed by atoms with van der Waals surface area (Å²) in [6.07, 6.45) is 0.698. The molecule has 3 nitrogen and oxygen atoms in total. The van der Waals surface area contributed by atoms with Crippen LogP contribution in [0.2, 0.25) is 0 Å². The molecule has 1 aliphatic heterocycles. The van der Waals surface area contributed by atoms with E-state index < -0.39 is 5.92 Å². The normalized spacial score (nSPS) is 37.5. The monoisotopic (exact) mass is 152 g/mol. The molecule has 3 unspecified atom stereocenters. The maximum absolute atomic E-state index is 11.0. The number of amides is 1. The topological polar surface area (TPSA) is 52.9 Å². The summed E-state index contributed by atoms with van der Waals surface area (Å²) in [5, 5.41) is 11.3. The second kappa shape index (κ2) is 2.91. The molecule has 3 atom stereocenters. The lowest BCUT2D eigenvalue weighted by Gasteiger charge is -2.29. The van der Waals surface area contributed by atoms with Crippen LogP contribution in [-0.2, 0) is 4.79 Å². The number of nitrogens with zero attached hydrogens (tertiary/aromatic N) is 1. The van der Waals surface area contributed by atoms with Gasteiger partial charge in [-0.25, -0.2) is 0 Å². The highest BCUT2D eigenvalue weighted by Crippen LogP contribution is 2.20. The van der Waals surface area contributed by atoms with Crippen LogP contribution in [0, 0.1) is 23.2 Å². The Morgan fingerprint density at radius 2 is 2.27 bits per heavy atom. The molecule has 0 aromatic carbocycles. The summed E-state index contributed by atoms with van der Waals surface area (Å²) >= 11 is 0. The number of carbonyl (C=O) groups is 1. The van der Waals surface area contributed by atoms with Gasteiger partial charge >= 0.3 is 0 Å². The van der Waals surface area contributed by atoms with Gasteiger partial charge in [0, 0.05) is 6.04 Å². The Kier molecular flexibility index (Phi) is 2.13. The van der Waals surface area contributed by atoms with E-state index in [2.05, 4.69) is 12.2 Å². The van der Waals surface area contributed by atoms with E-state index in [1.54, 1.807) is 0 Å². The predicted molar refractivity (Wildman–Crippen MR) is 40.5 cm³/mol. The van der Waals surface area contributed by atoms with E-state index in [0.29, 0.717) is 12.3 Å². The van der Waals surface area contributed by atoms with E-state index >= 15 is 0 Å². The first-order valence-electron chi connectivity index (χ1n) is 3.85. The quantitative estimate of drug-likeness (QED) is 0.554. The Balaban J connectivity index is 2.64. The summed E-state index contributed by atoms with van der Waals surface area (Å²) in [4.78, 5) is 11.0. The van der Waals surface area contributed by atoms with Gasteiger partial charge in [-0.15, -0.1) is 0 Å². The third-order valence-electron chi connectivity index (χ3n) is 2.30. The molecular weight excluding hydrogens is 140 g/mol. The number of hydrogen-bond acceptors (Lipinski definition) is 2. The zero-order valence-electron chi connectivity index (χ0n) is 6.79. The van der Waals surface area contributed by atoms with E-state index in [-0.39, 0.29) is 11.9 Å². The van der Waals surface area contributed by atoms with Crippen LogP contribution in [0.1, 0.15) is 20.3 Å². The Morgan fingerprint density at radius 1 is 1.64 bits per heavy atom. The smallest absolute Gasteiger partial charge is 0.237 e. The minimum absolute atomic E-state index is 0.113. The molecule has 0 radical (unpaired) electrons. The third-order valence-corrected chi connectivity index (χ3v) is 2.30. The Hall–Kier alpha value is -1.04. The minimum atomic E-state index is -0.429. The van der Waals surface area contributed by atoms with Crippen molar-refractivity contribution in [3.05, 3.63) is 0 Å².